The summed E-state index contributed by atoms with van der Waals surface area (Å²) in [5.41, 5.74) is 0. The molecule has 0 nitrogen and oxygen atoms in total. The van der Waals surface area contributed by atoms with Crippen LogP contribution in [-0.4, -0.2) is 27.9 Å². The molecule has 0 saturated heterocycles. The van der Waals surface area contributed by atoms with Gasteiger partial charge in [0, 0.05) is 0 Å². The summed E-state index contributed by atoms with van der Waals surface area (Å²) in [6, 6.07) is 0. The summed E-state index contributed by atoms with van der Waals surface area (Å²) in [5.74, 6) is 1.02. The van der Waals surface area contributed by atoms with Crippen LogP contribution in [0.4, 0.5) is 0 Å². The van der Waals surface area contributed by atoms with Crippen LogP contribution in [0.5, 0.6) is 0 Å². The average Bonchev–Trinajstić information content (AvgIpc) is 2.05. The number of unbranched alkanes of at least 4 members (excludes halogenated alkanes) is 2. The molecule has 0 aromatic rings. The van der Waals surface area contributed by atoms with E-state index in [-0.39, 0.29) is 0 Å². The Balaban J connectivity index is 3.07. The molecule has 0 spiro atoms. The summed E-state index contributed by atoms with van der Waals surface area (Å²) < 4.78 is 1.50. The predicted octanol–water partition coefficient (Wildman–Crippen LogP) is 3.57. The van der Waals surface area contributed by atoms with Gasteiger partial charge in [-0.15, -0.1) is 0 Å². The van der Waals surface area contributed by atoms with E-state index < -0.39 is 0 Å². The van der Waals surface area contributed by atoms with Crippen LogP contribution in [0.1, 0.15) is 52.4 Å². The van der Waals surface area contributed by atoms with Gasteiger partial charge in [-0.25, -0.2) is 0 Å². The van der Waals surface area contributed by atoms with E-state index in [0.29, 0.717) is 0 Å². The third-order valence-corrected chi connectivity index (χ3v) is 3.33. The standard InChI is InChI=1S/C10H21.Na/c1-4-7-8-9-10(5-2)6-3;/h10H,1,4-9H2,2-3H3;. The maximum atomic E-state index is 2.32. The Kier molecular flexibility index (Phi) is 9.92. The minimum absolute atomic E-state index is 1.02. The van der Waals surface area contributed by atoms with Crippen molar-refractivity contribution >= 4 is 27.9 Å². The van der Waals surface area contributed by atoms with E-state index in [1.165, 1.54) is 70.1 Å². The van der Waals surface area contributed by atoms with Crippen molar-refractivity contribution in [2.75, 3.05) is 0 Å². The minimum atomic E-state index is 1.02. The van der Waals surface area contributed by atoms with Crippen LogP contribution in [0, 0.1) is 5.92 Å². The van der Waals surface area contributed by atoms with E-state index in [4.69, 9.17) is 0 Å². The van der Waals surface area contributed by atoms with Gasteiger partial charge in [0.1, 0.15) is 0 Å². The summed E-state index contributed by atoms with van der Waals surface area (Å²) in [4.78, 5) is 0. The quantitative estimate of drug-likeness (QED) is 0.398. The molecule has 0 aliphatic carbocycles. The second-order valence-electron chi connectivity index (χ2n) is 3.53. The van der Waals surface area contributed by atoms with Crippen molar-refractivity contribution in [1.29, 1.82) is 0 Å². The summed E-state index contributed by atoms with van der Waals surface area (Å²) >= 11 is 1.40. The molecule has 11 heavy (non-hydrogen) atoms. The average molecular weight is 164 g/mol. The Labute approximate surface area is 89.6 Å². The second-order valence-corrected chi connectivity index (χ2v) is 4.53. The molecule has 0 N–H and O–H groups in total. The Morgan fingerprint density at radius 2 is 1.64 bits per heavy atom. The first-order chi connectivity index (χ1) is 5.35. The monoisotopic (exact) mass is 164 g/mol. The Bertz CT molecular complexity index is 67.3. The molecule has 0 amide bonds. The van der Waals surface area contributed by atoms with E-state index in [2.05, 4.69) is 13.8 Å². The SMILES string of the molecule is CCC(CC)CCCC[CH2][Na]. The third-order valence-electron chi connectivity index (χ3n) is 2.62. The van der Waals surface area contributed by atoms with Crippen LogP contribution in [-0.2, 0) is 0 Å². The van der Waals surface area contributed by atoms with Crippen molar-refractivity contribution < 1.29 is 0 Å². The normalized spacial score (nSPS) is 11.0. The van der Waals surface area contributed by atoms with Gasteiger partial charge < -0.3 is 0 Å². The van der Waals surface area contributed by atoms with Gasteiger partial charge in [-0.1, -0.05) is 0 Å². The first kappa shape index (κ1) is 12.0. The second kappa shape index (κ2) is 9.09. The van der Waals surface area contributed by atoms with Gasteiger partial charge in [0.25, 0.3) is 0 Å². The number of rotatable bonds is 7. The Morgan fingerprint density at radius 3 is 2.09 bits per heavy atom. The molecule has 0 bridgehead atoms. The predicted molar refractivity (Wildman–Crippen MR) is 53.1 cm³/mol. The van der Waals surface area contributed by atoms with E-state index in [1.54, 1.807) is 0 Å². The van der Waals surface area contributed by atoms with Gasteiger partial charge in [-0.05, 0) is 0 Å². The van der Waals surface area contributed by atoms with Gasteiger partial charge in [0.2, 0.25) is 0 Å². The third kappa shape index (κ3) is 7.36. The van der Waals surface area contributed by atoms with Crippen molar-refractivity contribution in [1.82, 2.24) is 0 Å². The summed E-state index contributed by atoms with van der Waals surface area (Å²) in [6.07, 6.45) is 8.71. The molecule has 0 aliphatic heterocycles. The summed E-state index contributed by atoms with van der Waals surface area (Å²) in [5, 5.41) is 0. The van der Waals surface area contributed by atoms with Crippen molar-refractivity contribution in [3.05, 3.63) is 0 Å². The van der Waals surface area contributed by atoms with Crippen LogP contribution in [0.25, 0.3) is 0 Å². The Hall–Kier alpha value is 1.00. The Morgan fingerprint density at radius 1 is 1.00 bits per heavy atom. The zero-order valence-corrected chi connectivity index (χ0v) is 10.5. The molecule has 0 heterocycles. The molecule has 0 fully saturated rings. The summed E-state index contributed by atoms with van der Waals surface area (Å²) in [7, 11) is 0. The molecule has 0 unspecified atom stereocenters. The molecule has 0 rings (SSSR count). The fourth-order valence-corrected chi connectivity index (χ4v) is 2.06. The van der Waals surface area contributed by atoms with Crippen molar-refractivity contribution in [2.45, 2.75) is 56.0 Å². The van der Waals surface area contributed by atoms with Crippen molar-refractivity contribution in [3.63, 3.8) is 0 Å². The van der Waals surface area contributed by atoms with Crippen LogP contribution in [0.15, 0.2) is 0 Å². The molecule has 62 valence electrons. The zero-order valence-electron chi connectivity index (χ0n) is 8.53. The fraction of sp³-hybridized carbons (Fsp3) is 1.00. The van der Waals surface area contributed by atoms with Gasteiger partial charge in [0.15, 0.2) is 0 Å². The van der Waals surface area contributed by atoms with Crippen LogP contribution in [0.2, 0.25) is 3.67 Å². The van der Waals surface area contributed by atoms with Gasteiger partial charge in [-0.3, -0.25) is 0 Å². The van der Waals surface area contributed by atoms with Crippen molar-refractivity contribution in [3.8, 4) is 0 Å². The molecule has 0 aliphatic rings. The van der Waals surface area contributed by atoms with Crippen LogP contribution in [0.3, 0.4) is 0 Å². The van der Waals surface area contributed by atoms with Gasteiger partial charge in [0.05, 0.1) is 0 Å². The zero-order chi connectivity index (χ0) is 8.53. The molecule has 0 atom stereocenters. The molecular formula is C10H21Na. The number of hydrogen-bond acceptors (Lipinski definition) is 0. The molecule has 0 radical (unpaired) electrons. The molecule has 1 heteroatoms. The number of hydrogen-bond donors (Lipinski definition) is 0. The topological polar surface area (TPSA) is 0 Å². The van der Waals surface area contributed by atoms with E-state index in [1.807, 2.05) is 0 Å². The first-order valence-corrected chi connectivity index (χ1v) is 6.76. The van der Waals surface area contributed by atoms with Gasteiger partial charge >= 0.3 is 89.9 Å². The van der Waals surface area contributed by atoms with Crippen LogP contribution < -0.4 is 0 Å². The molecular weight excluding hydrogens is 143 g/mol. The van der Waals surface area contributed by atoms with Crippen LogP contribution >= 0.6 is 0 Å². The maximum absolute atomic E-state index is 2.32. The molecule has 0 aromatic heterocycles. The van der Waals surface area contributed by atoms with E-state index in [0.717, 1.165) is 5.92 Å². The van der Waals surface area contributed by atoms with Gasteiger partial charge in [-0.2, -0.15) is 0 Å². The van der Waals surface area contributed by atoms with Crippen molar-refractivity contribution in [2.24, 2.45) is 5.92 Å². The first-order valence-electron chi connectivity index (χ1n) is 5.35. The summed E-state index contributed by atoms with van der Waals surface area (Å²) in [6.45, 7) is 4.64. The molecule has 0 saturated carbocycles. The van der Waals surface area contributed by atoms with E-state index >= 15 is 0 Å². The molecule has 0 aromatic carbocycles. The van der Waals surface area contributed by atoms with E-state index in [9.17, 15) is 0 Å². The fourth-order valence-electron chi connectivity index (χ4n) is 1.56.